The molecule has 16 heavy (non-hydrogen) atoms. The topological polar surface area (TPSA) is 55.1 Å². The second-order valence-electron chi connectivity index (χ2n) is 5.73. The molecule has 0 rings (SSSR count). The first-order chi connectivity index (χ1) is 7.15. The summed E-state index contributed by atoms with van der Waals surface area (Å²) in [6.07, 6.45) is 0.945. The van der Waals surface area contributed by atoms with Crippen molar-refractivity contribution in [3.8, 4) is 0 Å². The molecule has 0 radical (unpaired) electrons. The van der Waals surface area contributed by atoms with Crippen molar-refractivity contribution in [3.63, 3.8) is 0 Å². The maximum absolute atomic E-state index is 11.8. The normalized spacial score (nSPS) is 13.6. The fraction of sp³-hybridized carbons (Fsp3) is 0.833. The summed E-state index contributed by atoms with van der Waals surface area (Å²) in [5.41, 5.74) is 5.79. The molecule has 0 saturated heterocycles. The van der Waals surface area contributed by atoms with E-state index in [1.165, 1.54) is 0 Å². The summed E-state index contributed by atoms with van der Waals surface area (Å²) in [4.78, 5) is 12.1. The average molecular weight is 244 g/mol. The van der Waals surface area contributed by atoms with Gasteiger partial charge in [-0.25, -0.2) is 0 Å². The lowest BCUT2D eigenvalue weighted by atomic mass is 9.91. The van der Waals surface area contributed by atoms with Crippen LogP contribution in [0.25, 0.3) is 0 Å². The van der Waals surface area contributed by atoms with Crippen molar-refractivity contribution < 1.29 is 4.79 Å². The van der Waals surface area contributed by atoms with Crippen LogP contribution in [-0.2, 0) is 4.79 Å². The van der Waals surface area contributed by atoms with Gasteiger partial charge in [0.1, 0.15) is 0 Å². The summed E-state index contributed by atoms with van der Waals surface area (Å²) in [5, 5.41) is 2.90. The van der Waals surface area contributed by atoms with Crippen molar-refractivity contribution in [2.75, 3.05) is 6.54 Å². The lowest BCUT2D eigenvalue weighted by Crippen LogP contribution is -2.41. The minimum absolute atomic E-state index is 0.0493. The van der Waals surface area contributed by atoms with Gasteiger partial charge in [-0.05, 0) is 17.8 Å². The Morgan fingerprint density at radius 3 is 2.19 bits per heavy atom. The molecule has 0 spiro atoms. The molecule has 94 valence electrons. The summed E-state index contributed by atoms with van der Waals surface area (Å²) >= 11 is 4.91. The minimum Gasteiger partial charge on any atom is -0.393 e. The van der Waals surface area contributed by atoms with Gasteiger partial charge in [0.15, 0.2) is 0 Å². The maximum atomic E-state index is 11.8. The van der Waals surface area contributed by atoms with E-state index in [9.17, 15) is 4.79 Å². The van der Waals surface area contributed by atoms with Gasteiger partial charge in [0.25, 0.3) is 0 Å². The Bertz CT molecular complexity index is 256. The van der Waals surface area contributed by atoms with Crippen LogP contribution >= 0.6 is 12.2 Å². The van der Waals surface area contributed by atoms with E-state index < -0.39 is 0 Å². The Hall–Kier alpha value is -0.640. The van der Waals surface area contributed by atoms with Crippen molar-refractivity contribution >= 4 is 23.1 Å². The lowest BCUT2D eigenvalue weighted by molar-refractivity contribution is -0.124. The quantitative estimate of drug-likeness (QED) is 0.728. The minimum atomic E-state index is -0.352. The van der Waals surface area contributed by atoms with E-state index in [4.69, 9.17) is 18.0 Å². The van der Waals surface area contributed by atoms with Crippen LogP contribution < -0.4 is 11.1 Å². The van der Waals surface area contributed by atoms with Gasteiger partial charge in [-0.3, -0.25) is 4.79 Å². The van der Waals surface area contributed by atoms with Gasteiger partial charge in [-0.1, -0.05) is 46.8 Å². The van der Waals surface area contributed by atoms with E-state index in [0.717, 1.165) is 6.42 Å². The van der Waals surface area contributed by atoms with Gasteiger partial charge in [0.05, 0.1) is 10.9 Å². The monoisotopic (exact) mass is 244 g/mol. The molecule has 0 bridgehead atoms. The molecule has 1 unspecified atom stereocenters. The average Bonchev–Trinajstić information content (AvgIpc) is 1.99. The van der Waals surface area contributed by atoms with Crippen molar-refractivity contribution in [3.05, 3.63) is 0 Å². The molecule has 0 saturated carbocycles. The molecule has 4 heteroatoms. The van der Waals surface area contributed by atoms with Gasteiger partial charge < -0.3 is 11.1 Å². The van der Waals surface area contributed by atoms with Crippen LogP contribution in [0.1, 0.15) is 41.0 Å². The first-order valence-electron chi connectivity index (χ1n) is 5.72. The molecule has 3 nitrogen and oxygen atoms in total. The van der Waals surface area contributed by atoms with E-state index in [2.05, 4.69) is 26.1 Å². The molecule has 0 aromatic rings. The molecular formula is C12H24N2OS. The van der Waals surface area contributed by atoms with Crippen LogP contribution in [0, 0.1) is 17.3 Å². The Labute approximate surface area is 104 Å². The van der Waals surface area contributed by atoms with Crippen LogP contribution in [0.2, 0.25) is 0 Å². The molecule has 0 aliphatic rings. The fourth-order valence-electron chi connectivity index (χ4n) is 1.43. The first kappa shape index (κ1) is 15.4. The molecule has 1 atom stereocenters. The number of hydrogen-bond acceptors (Lipinski definition) is 2. The number of thiocarbonyl (C=S) groups is 1. The van der Waals surface area contributed by atoms with Crippen LogP contribution in [0.3, 0.4) is 0 Å². The highest BCUT2D eigenvalue weighted by molar-refractivity contribution is 7.80. The van der Waals surface area contributed by atoms with E-state index in [1.807, 2.05) is 13.8 Å². The van der Waals surface area contributed by atoms with Crippen molar-refractivity contribution in [1.82, 2.24) is 5.32 Å². The Balaban J connectivity index is 4.18. The Morgan fingerprint density at radius 1 is 1.38 bits per heavy atom. The number of carbonyl (C=O) groups excluding carboxylic acids is 1. The largest absolute Gasteiger partial charge is 0.393 e. The molecule has 0 aliphatic heterocycles. The second-order valence-corrected chi connectivity index (χ2v) is 6.20. The Kier molecular flexibility index (Phi) is 5.94. The summed E-state index contributed by atoms with van der Waals surface area (Å²) in [6, 6.07) is 0. The third-order valence-corrected chi connectivity index (χ3v) is 2.68. The fourth-order valence-corrected chi connectivity index (χ4v) is 1.81. The lowest BCUT2D eigenvalue weighted by Gasteiger charge is -2.21. The third kappa shape index (κ3) is 6.05. The predicted octanol–water partition coefficient (Wildman–Crippen LogP) is 2.10. The van der Waals surface area contributed by atoms with E-state index >= 15 is 0 Å². The molecule has 0 aliphatic carbocycles. The second kappa shape index (κ2) is 6.18. The zero-order chi connectivity index (χ0) is 12.9. The number of hydrogen-bond donors (Lipinski definition) is 2. The van der Waals surface area contributed by atoms with Crippen molar-refractivity contribution in [1.29, 1.82) is 0 Å². The number of amides is 1. The van der Waals surface area contributed by atoms with Crippen LogP contribution in [0.4, 0.5) is 0 Å². The highest BCUT2D eigenvalue weighted by Gasteiger charge is 2.24. The zero-order valence-corrected chi connectivity index (χ0v) is 11.8. The van der Waals surface area contributed by atoms with Crippen molar-refractivity contribution in [2.45, 2.75) is 41.0 Å². The SMILES string of the molecule is CC(C)C(C(=O)NCCC(C)(C)C)C(N)=S. The zero-order valence-electron chi connectivity index (χ0n) is 11.0. The van der Waals surface area contributed by atoms with Gasteiger partial charge in [0.2, 0.25) is 5.91 Å². The third-order valence-electron chi connectivity index (χ3n) is 2.43. The summed E-state index contributed by atoms with van der Waals surface area (Å²) in [6.45, 7) is 11.0. The molecule has 0 aromatic carbocycles. The van der Waals surface area contributed by atoms with Gasteiger partial charge in [0, 0.05) is 6.54 Å². The van der Waals surface area contributed by atoms with Gasteiger partial charge in [-0.15, -0.1) is 0 Å². The molecule has 0 fully saturated rings. The number of nitrogens with one attached hydrogen (secondary N) is 1. The van der Waals surface area contributed by atoms with E-state index in [1.54, 1.807) is 0 Å². The van der Waals surface area contributed by atoms with Crippen LogP contribution in [-0.4, -0.2) is 17.4 Å². The smallest absolute Gasteiger partial charge is 0.230 e. The number of rotatable bonds is 5. The number of carbonyl (C=O) groups is 1. The van der Waals surface area contributed by atoms with Crippen molar-refractivity contribution in [2.24, 2.45) is 23.0 Å². The maximum Gasteiger partial charge on any atom is 0.230 e. The first-order valence-corrected chi connectivity index (χ1v) is 6.13. The highest BCUT2D eigenvalue weighted by atomic mass is 32.1. The van der Waals surface area contributed by atoms with E-state index in [0.29, 0.717) is 6.54 Å². The molecule has 1 amide bonds. The molecular weight excluding hydrogens is 220 g/mol. The van der Waals surface area contributed by atoms with E-state index in [-0.39, 0.29) is 28.1 Å². The van der Waals surface area contributed by atoms with Gasteiger partial charge in [-0.2, -0.15) is 0 Å². The van der Waals surface area contributed by atoms with Crippen LogP contribution in [0.5, 0.6) is 0 Å². The van der Waals surface area contributed by atoms with Crippen LogP contribution in [0.15, 0.2) is 0 Å². The summed E-state index contributed by atoms with van der Waals surface area (Å²) in [5.74, 6) is -0.256. The molecule has 3 N–H and O–H groups in total. The molecule has 0 aromatic heterocycles. The standard InChI is InChI=1S/C12H24N2OS/c1-8(2)9(10(13)16)11(15)14-7-6-12(3,4)5/h8-9H,6-7H2,1-5H3,(H2,13,16)(H,14,15). The summed E-state index contributed by atoms with van der Waals surface area (Å²) < 4.78 is 0. The molecule has 0 heterocycles. The number of nitrogens with two attached hydrogens (primary N) is 1. The summed E-state index contributed by atoms with van der Waals surface area (Å²) in [7, 11) is 0. The predicted molar refractivity (Wildman–Crippen MR) is 72.2 cm³/mol. The Morgan fingerprint density at radius 2 is 1.88 bits per heavy atom. The van der Waals surface area contributed by atoms with Gasteiger partial charge >= 0.3 is 0 Å². The highest BCUT2D eigenvalue weighted by Crippen LogP contribution is 2.17.